The van der Waals surface area contributed by atoms with Crippen LogP contribution in [0.1, 0.15) is 40.3 Å². The molecule has 1 aromatic heterocycles. The van der Waals surface area contributed by atoms with Crippen LogP contribution in [0.5, 0.6) is 0 Å². The van der Waals surface area contributed by atoms with Crippen LogP contribution in [0.3, 0.4) is 0 Å². The standard InChI is InChI=1S/C25H26FN5O2S/c1-3-13-31-23(17(2)27-24(33)20-10-6-7-11-21(20)26)28-29-25(31)34-16-22(32)30-14-12-18-8-4-5-9-19(18)15-30/h3-11,17H,1,12-16H2,2H3,(H,27,33)/t17-/m0/s1. The second kappa shape index (κ2) is 10.6. The number of carbonyl (C=O) groups excluding carboxylic acids is 2. The van der Waals surface area contributed by atoms with Crippen LogP contribution < -0.4 is 5.32 Å². The van der Waals surface area contributed by atoms with Crippen molar-refractivity contribution in [3.8, 4) is 0 Å². The van der Waals surface area contributed by atoms with Crippen molar-refractivity contribution in [2.24, 2.45) is 0 Å². The van der Waals surface area contributed by atoms with Gasteiger partial charge in [-0.2, -0.15) is 0 Å². The zero-order valence-electron chi connectivity index (χ0n) is 18.9. The second-order valence-electron chi connectivity index (χ2n) is 8.04. The highest BCUT2D eigenvalue weighted by atomic mass is 32.2. The molecule has 1 atom stereocenters. The number of benzene rings is 2. The normalized spacial score (nSPS) is 13.8. The molecule has 34 heavy (non-hydrogen) atoms. The molecular formula is C25H26FN5O2S. The molecule has 7 nitrogen and oxygen atoms in total. The Hall–Kier alpha value is -3.46. The Morgan fingerprint density at radius 3 is 2.68 bits per heavy atom. The van der Waals surface area contributed by atoms with Crippen LogP contribution in [0, 0.1) is 5.82 Å². The van der Waals surface area contributed by atoms with Gasteiger partial charge in [0.15, 0.2) is 11.0 Å². The van der Waals surface area contributed by atoms with Crippen LogP contribution in [0.2, 0.25) is 0 Å². The van der Waals surface area contributed by atoms with Crippen LogP contribution in [-0.2, 0) is 24.3 Å². The van der Waals surface area contributed by atoms with E-state index < -0.39 is 17.8 Å². The van der Waals surface area contributed by atoms with E-state index in [0.717, 1.165) is 6.42 Å². The largest absolute Gasteiger partial charge is 0.342 e. The summed E-state index contributed by atoms with van der Waals surface area (Å²) in [7, 11) is 0. The Labute approximate surface area is 202 Å². The molecule has 1 aliphatic heterocycles. The summed E-state index contributed by atoms with van der Waals surface area (Å²) < 4.78 is 15.8. The Morgan fingerprint density at radius 2 is 1.91 bits per heavy atom. The molecule has 2 amide bonds. The van der Waals surface area contributed by atoms with Gasteiger partial charge in [-0.3, -0.25) is 9.59 Å². The summed E-state index contributed by atoms with van der Waals surface area (Å²) in [6, 6.07) is 13.5. The molecule has 0 unspecified atom stereocenters. The number of thioether (sulfide) groups is 1. The molecule has 0 spiro atoms. The van der Waals surface area contributed by atoms with E-state index in [1.807, 2.05) is 21.6 Å². The van der Waals surface area contributed by atoms with Gasteiger partial charge in [0.25, 0.3) is 5.91 Å². The minimum atomic E-state index is -0.588. The molecule has 176 valence electrons. The van der Waals surface area contributed by atoms with Gasteiger partial charge in [-0.05, 0) is 36.6 Å². The highest BCUT2D eigenvalue weighted by Crippen LogP contribution is 2.24. The summed E-state index contributed by atoms with van der Waals surface area (Å²) in [5, 5.41) is 11.8. The number of hydrogen-bond donors (Lipinski definition) is 1. The number of nitrogens with zero attached hydrogens (tertiary/aromatic N) is 4. The molecule has 9 heteroatoms. The molecule has 4 rings (SSSR count). The van der Waals surface area contributed by atoms with Gasteiger partial charge < -0.3 is 14.8 Å². The third-order valence-corrected chi connectivity index (χ3v) is 6.67. The van der Waals surface area contributed by atoms with Gasteiger partial charge in [-0.15, -0.1) is 16.8 Å². The summed E-state index contributed by atoms with van der Waals surface area (Å²) in [5.74, 6) is -0.349. The molecule has 1 N–H and O–H groups in total. The SMILES string of the molecule is C=CCn1c(SCC(=O)N2CCc3ccccc3C2)nnc1[C@H](C)NC(=O)c1ccccc1F. The van der Waals surface area contributed by atoms with E-state index in [1.165, 1.54) is 41.1 Å². The van der Waals surface area contributed by atoms with Crippen LogP contribution in [-0.4, -0.2) is 43.8 Å². The second-order valence-corrected chi connectivity index (χ2v) is 8.98. The van der Waals surface area contributed by atoms with Crippen LogP contribution in [0.25, 0.3) is 0 Å². The molecule has 2 aromatic carbocycles. The predicted octanol–water partition coefficient (Wildman–Crippen LogP) is 3.77. The number of amides is 2. The van der Waals surface area contributed by atoms with Crippen molar-refractivity contribution in [2.45, 2.75) is 37.6 Å². The number of carbonyl (C=O) groups is 2. The van der Waals surface area contributed by atoms with Gasteiger partial charge in [-0.25, -0.2) is 4.39 Å². The molecule has 1 aliphatic rings. The maximum Gasteiger partial charge on any atom is 0.254 e. The van der Waals surface area contributed by atoms with E-state index in [2.05, 4.69) is 34.2 Å². The Bertz CT molecular complexity index is 1210. The molecule has 0 radical (unpaired) electrons. The zero-order valence-corrected chi connectivity index (χ0v) is 19.7. The quantitative estimate of drug-likeness (QED) is 0.393. The van der Waals surface area contributed by atoms with E-state index >= 15 is 0 Å². The number of hydrogen-bond acceptors (Lipinski definition) is 5. The Balaban J connectivity index is 1.42. The van der Waals surface area contributed by atoms with E-state index in [-0.39, 0.29) is 17.2 Å². The van der Waals surface area contributed by atoms with Gasteiger partial charge in [0.2, 0.25) is 5.91 Å². The first-order valence-electron chi connectivity index (χ1n) is 11.0. The van der Waals surface area contributed by atoms with E-state index in [1.54, 1.807) is 19.1 Å². The summed E-state index contributed by atoms with van der Waals surface area (Å²) in [5.41, 5.74) is 2.44. The monoisotopic (exact) mass is 479 g/mol. The first-order valence-corrected chi connectivity index (χ1v) is 12.0. The molecule has 2 heterocycles. The van der Waals surface area contributed by atoms with Gasteiger partial charge in [-0.1, -0.05) is 54.2 Å². The first-order chi connectivity index (χ1) is 16.5. The number of nitrogens with one attached hydrogen (secondary N) is 1. The highest BCUT2D eigenvalue weighted by Gasteiger charge is 2.24. The summed E-state index contributed by atoms with van der Waals surface area (Å²) in [6.07, 6.45) is 2.55. The molecular weight excluding hydrogens is 453 g/mol. The average molecular weight is 480 g/mol. The summed E-state index contributed by atoms with van der Waals surface area (Å²) in [4.78, 5) is 27.2. The fourth-order valence-corrected chi connectivity index (χ4v) is 4.80. The van der Waals surface area contributed by atoms with Crippen molar-refractivity contribution in [1.82, 2.24) is 25.0 Å². The number of allylic oxidation sites excluding steroid dienone is 1. The third kappa shape index (κ3) is 5.20. The van der Waals surface area contributed by atoms with Gasteiger partial charge >= 0.3 is 0 Å². The molecule has 0 bridgehead atoms. The average Bonchev–Trinajstić information content (AvgIpc) is 3.25. The fraction of sp³-hybridized carbons (Fsp3) is 0.280. The number of halogens is 1. The predicted molar refractivity (Wildman–Crippen MR) is 129 cm³/mol. The van der Waals surface area contributed by atoms with E-state index in [9.17, 15) is 14.0 Å². The first kappa shape index (κ1) is 23.7. The minimum absolute atomic E-state index is 0.0348. The molecule has 0 fully saturated rings. The fourth-order valence-electron chi connectivity index (χ4n) is 3.94. The van der Waals surface area contributed by atoms with Crippen molar-refractivity contribution in [2.75, 3.05) is 12.3 Å². The Kier molecular flexibility index (Phi) is 7.42. The lowest BCUT2D eigenvalue weighted by molar-refractivity contribution is -0.129. The van der Waals surface area contributed by atoms with Crippen LogP contribution >= 0.6 is 11.8 Å². The highest BCUT2D eigenvalue weighted by molar-refractivity contribution is 7.99. The number of rotatable bonds is 8. The van der Waals surface area contributed by atoms with Crippen molar-refractivity contribution in [3.63, 3.8) is 0 Å². The lowest BCUT2D eigenvalue weighted by atomic mass is 10.00. The number of aromatic nitrogens is 3. The van der Waals surface area contributed by atoms with Crippen molar-refractivity contribution < 1.29 is 14.0 Å². The maximum atomic E-state index is 14.0. The topological polar surface area (TPSA) is 80.1 Å². The molecule has 0 aliphatic carbocycles. The van der Waals surface area contributed by atoms with Crippen molar-refractivity contribution in [1.29, 1.82) is 0 Å². The molecule has 0 saturated heterocycles. The van der Waals surface area contributed by atoms with E-state index in [4.69, 9.17) is 0 Å². The maximum absolute atomic E-state index is 14.0. The zero-order chi connectivity index (χ0) is 24.1. The van der Waals surface area contributed by atoms with Gasteiger partial charge in [0.1, 0.15) is 5.82 Å². The van der Waals surface area contributed by atoms with Crippen molar-refractivity contribution >= 4 is 23.6 Å². The smallest absolute Gasteiger partial charge is 0.254 e. The number of fused-ring (bicyclic) bond motifs is 1. The lowest BCUT2D eigenvalue weighted by Gasteiger charge is -2.28. The van der Waals surface area contributed by atoms with Gasteiger partial charge in [0.05, 0.1) is 17.4 Å². The molecule has 3 aromatic rings. The van der Waals surface area contributed by atoms with E-state index in [0.29, 0.717) is 30.6 Å². The Morgan fingerprint density at radius 1 is 1.18 bits per heavy atom. The van der Waals surface area contributed by atoms with Crippen LogP contribution in [0.4, 0.5) is 4.39 Å². The van der Waals surface area contributed by atoms with Crippen molar-refractivity contribution in [3.05, 3.63) is 89.5 Å². The molecule has 0 saturated carbocycles. The summed E-state index contributed by atoms with van der Waals surface area (Å²) >= 11 is 1.30. The summed E-state index contributed by atoms with van der Waals surface area (Å²) in [6.45, 7) is 7.26. The third-order valence-electron chi connectivity index (χ3n) is 5.72. The lowest BCUT2D eigenvalue weighted by Crippen LogP contribution is -2.37. The van der Waals surface area contributed by atoms with Crippen LogP contribution in [0.15, 0.2) is 66.3 Å². The van der Waals surface area contributed by atoms with Gasteiger partial charge in [0, 0.05) is 19.6 Å². The minimum Gasteiger partial charge on any atom is -0.342 e.